The number of amides is 2. The molecule has 0 saturated carbocycles. The van der Waals surface area contributed by atoms with Gasteiger partial charge in [-0.15, -0.1) is 0 Å². The summed E-state index contributed by atoms with van der Waals surface area (Å²) in [6, 6.07) is 12.7. The van der Waals surface area contributed by atoms with Crippen LogP contribution in [0.15, 0.2) is 57.9 Å². The number of carbonyl (C=O) groups is 3. The van der Waals surface area contributed by atoms with E-state index in [0.29, 0.717) is 32.7 Å². The molecule has 0 aliphatic carbocycles. The number of hydrogen-bond donors (Lipinski definition) is 1. The van der Waals surface area contributed by atoms with Crippen LogP contribution in [0.25, 0.3) is 17.4 Å². The number of nitrogens with zero attached hydrogens (tertiary/aromatic N) is 1. The Morgan fingerprint density at radius 3 is 2.47 bits per heavy atom. The van der Waals surface area contributed by atoms with E-state index in [9.17, 15) is 19.5 Å². The second-order valence-electron chi connectivity index (χ2n) is 6.72. The fourth-order valence-electron chi connectivity index (χ4n) is 3.01. The van der Waals surface area contributed by atoms with Crippen LogP contribution < -0.4 is 0 Å². The number of carboxylic acid groups (broad SMARTS) is 1. The third-order valence-electron chi connectivity index (χ3n) is 4.58. The molecule has 32 heavy (non-hydrogen) atoms. The summed E-state index contributed by atoms with van der Waals surface area (Å²) in [5.41, 5.74) is 1.13. The zero-order valence-electron chi connectivity index (χ0n) is 16.0. The minimum Gasteiger partial charge on any atom is -0.478 e. The molecule has 6 nitrogen and oxygen atoms in total. The summed E-state index contributed by atoms with van der Waals surface area (Å²) in [5.74, 6) is -0.875. The third-order valence-corrected chi connectivity index (χ3v) is 6.56. The standard InChI is InChI=1S/C22H12Cl3NO5S/c23-15-5-2-12(8-14(15)21(28)29)18-6-3-13(31-18)9-19-20(27)26(22(30)32-19)10-11-1-4-16(24)17(25)7-11/h1-9H,10H2,(H,28,29)/b19-9+. The first-order valence-corrected chi connectivity index (χ1v) is 11.0. The number of imide groups is 1. The maximum atomic E-state index is 12.7. The summed E-state index contributed by atoms with van der Waals surface area (Å²) in [6.07, 6.45) is 1.47. The van der Waals surface area contributed by atoms with E-state index in [0.717, 1.165) is 16.7 Å². The summed E-state index contributed by atoms with van der Waals surface area (Å²) in [5, 5.41) is 9.65. The molecule has 1 N–H and O–H groups in total. The molecule has 0 spiro atoms. The van der Waals surface area contributed by atoms with Crippen LogP contribution in [-0.4, -0.2) is 27.1 Å². The molecule has 0 unspecified atom stereocenters. The van der Waals surface area contributed by atoms with Gasteiger partial charge in [-0.1, -0.05) is 40.9 Å². The van der Waals surface area contributed by atoms with Crippen molar-refractivity contribution in [2.75, 3.05) is 0 Å². The van der Waals surface area contributed by atoms with Crippen molar-refractivity contribution in [2.24, 2.45) is 0 Å². The minimum atomic E-state index is -1.15. The van der Waals surface area contributed by atoms with Gasteiger partial charge in [-0.05, 0) is 59.8 Å². The Bertz CT molecular complexity index is 1300. The number of furan rings is 1. The molecular weight excluding hydrogens is 497 g/mol. The van der Waals surface area contributed by atoms with Crippen molar-refractivity contribution in [1.29, 1.82) is 0 Å². The van der Waals surface area contributed by atoms with E-state index in [1.165, 1.54) is 18.2 Å². The summed E-state index contributed by atoms with van der Waals surface area (Å²) in [4.78, 5) is 37.7. The summed E-state index contributed by atoms with van der Waals surface area (Å²) < 4.78 is 5.73. The Labute approximate surface area is 201 Å². The second-order valence-corrected chi connectivity index (χ2v) is 8.93. The van der Waals surface area contributed by atoms with E-state index < -0.39 is 17.1 Å². The van der Waals surface area contributed by atoms with Gasteiger partial charge < -0.3 is 9.52 Å². The van der Waals surface area contributed by atoms with Crippen LogP contribution in [-0.2, 0) is 11.3 Å². The van der Waals surface area contributed by atoms with Gasteiger partial charge in [0.15, 0.2) is 0 Å². The highest BCUT2D eigenvalue weighted by atomic mass is 35.5. The van der Waals surface area contributed by atoms with Crippen LogP contribution in [0.4, 0.5) is 4.79 Å². The molecule has 4 rings (SSSR count). The van der Waals surface area contributed by atoms with Crippen molar-refractivity contribution in [3.63, 3.8) is 0 Å². The first kappa shape index (κ1) is 22.5. The number of rotatable bonds is 5. The van der Waals surface area contributed by atoms with Crippen LogP contribution in [0.5, 0.6) is 0 Å². The molecule has 2 heterocycles. The Kier molecular flexibility index (Phi) is 6.35. The number of carbonyl (C=O) groups excluding carboxylic acids is 2. The van der Waals surface area contributed by atoms with E-state index in [-0.39, 0.29) is 22.0 Å². The van der Waals surface area contributed by atoms with Crippen molar-refractivity contribution in [2.45, 2.75) is 6.54 Å². The number of halogens is 3. The number of benzene rings is 2. The van der Waals surface area contributed by atoms with Crippen LogP contribution in [0.2, 0.25) is 15.1 Å². The quantitative estimate of drug-likeness (QED) is 0.380. The first-order valence-electron chi connectivity index (χ1n) is 9.05. The minimum absolute atomic E-state index is 0.0504. The maximum absolute atomic E-state index is 12.7. The predicted octanol–water partition coefficient (Wildman–Crippen LogP) is 6.84. The normalized spacial score (nSPS) is 15.1. The van der Waals surface area contributed by atoms with Gasteiger partial charge in [0.25, 0.3) is 11.1 Å². The maximum Gasteiger partial charge on any atom is 0.337 e. The molecule has 0 bridgehead atoms. The highest BCUT2D eigenvalue weighted by molar-refractivity contribution is 8.18. The van der Waals surface area contributed by atoms with Crippen LogP contribution in [0.1, 0.15) is 21.7 Å². The molecule has 10 heteroatoms. The van der Waals surface area contributed by atoms with Crippen molar-refractivity contribution in [1.82, 2.24) is 4.90 Å². The molecule has 1 saturated heterocycles. The number of thioether (sulfide) groups is 1. The smallest absolute Gasteiger partial charge is 0.337 e. The Morgan fingerprint density at radius 2 is 1.75 bits per heavy atom. The molecule has 2 amide bonds. The van der Waals surface area contributed by atoms with E-state index in [2.05, 4.69) is 0 Å². The third kappa shape index (κ3) is 4.56. The summed E-state index contributed by atoms with van der Waals surface area (Å²) >= 11 is 18.6. The first-order chi connectivity index (χ1) is 15.2. The molecule has 1 aliphatic rings. The Balaban J connectivity index is 1.55. The molecular formula is C22H12Cl3NO5S. The number of hydrogen-bond acceptors (Lipinski definition) is 5. The zero-order valence-corrected chi connectivity index (χ0v) is 19.1. The lowest BCUT2D eigenvalue weighted by atomic mass is 10.1. The van der Waals surface area contributed by atoms with E-state index in [1.807, 2.05) is 0 Å². The molecule has 1 fully saturated rings. The molecule has 1 aliphatic heterocycles. The predicted molar refractivity (Wildman–Crippen MR) is 124 cm³/mol. The van der Waals surface area contributed by atoms with E-state index in [1.54, 1.807) is 36.4 Å². The van der Waals surface area contributed by atoms with Gasteiger partial charge in [0, 0.05) is 11.6 Å². The van der Waals surface area contributed by atoms with Crippen LogP contribution in [0.3, 0.4) is 0 Å². The van der Waals surface area contributed by atoms with Gasteiger partial charge in [-0.2, -0.15) is 0 Å². The fraction of sp³-hybridized carbons (Fsp3) is 0.0455. The summed E-state index contributed by atoms with van der Waals surface area (Å²) in [6.45, 7) is 0.0606. The van der Waals surface area contributed by atoms with Gasteiger partial charge in [-0.3, -0.25) is 14.5 Å². The summed E-state index contributed by atoms with van der Waals surface area (Å²) in [7, 11) is 0. The van der Waals surface area contributed by atoms with Crippen LogP contribution in [0, 0.1) is 0 Å². The van der Waals surface area contributed by atoms with Crippen molar-refractivity contribution < 1.29 is 23.9 Å². The fourth-order valence-corrected chi connectivity index (χ4v) is 4.35. The van der Waals surface area contributed by atoms with Crippen molar-refractivity contribution >= 4 is 69.8 Å². The topological polar surface area (TPSA) is 87.8 Å². The van der Waals surface area contributed by atoms with Gasteiger partial charge in [-0.25, -0.2) is 4.79 Å². The SMILES string of the molecule is O=C(O)c1cc(-c2ccc(/C=C3/SC(=O)N(Cc4ccc(Cl)c(Cl)c4)C3=O)o2)ccc1Cl. The Morgan fingerprint density at radius 1 is 1.00 bits per heavy atom. The van der Waals surface area contributed by atoms with Gasteiger partial charge in [0.1, 0.15) is 11.5 Å². The molecule has 0 atom stereocenters. The average molecular weight is 509 g/mol. The molecule has 2 aromatic carbocycles. The van der Waals surface area contributed by atoms with Crippen LogP contribution >= 0.6 is 46.6 Å². The van der Waals surface area contributed by atoms with Gasteiger partial charge in [0.2, 0.25) is 0 Å². The molecule has 3 aromatic rings. The Hall–Kier alpha value is -2.71. The van der Waals surface area contributed by atoms with Crippen molar-refractivity contribution in [3.8, 4) is 11.3 Å². The van der Waals surface area contributed by atoms with Gasteiger partial charge in [0.05, 0.1) is 32.1 Å². The van der Waals surface area contributed by atoms with Gasteiger partial charge >= 0.3 is 5.97 Å². The lowest BCUT2D eigenvalue weighted by molar-refractivity contribution is -0.123. The average Bonchev–Trinajstić information content (AvgIpc) is 3.31. The zero-order chi connectivity index (χ0) is 23.0. The lowest BCUT2D eigenvalue weighted by Gasteiger charge is -2.12. The lowest BCUT2D eigenvalue weighted by Crippen LogP contribution is -2.27. The highest BCUT2D eigenvalue weighted by Crippen LogP contribution is 2.35. The molecule has 0 radical (unpaired) electrons. The number of carboxylic acids is 1. The second kappa shape index (κ2) is 9.03. The van der Waals surface area contributed by atoms with E-state index in [4.69, 9.17) is 39.2 Å². The van der Waals surface area contributed by atoms with E-state index >= 15 is 0 Å². The number of aromatic carboxylic acids is 1. The molecule has 162 valence electrons. The highest BCUT2D eigenvalue weighted by Gasteiger charge is 2.35. The van der Waals surface area contributed by atoms with Crippen molar-refractivity contribution in [3.05, 3.63) is 85.4 Å². The largest absolute Gasteiger partial charge is 0.478 e. The molecule has 1 aromatic heterocycles. The monoisotopic (exact) mass is 507 g/mol.